The van der Waals surface area contributed by atoms with Gasteiger partial charge in [0.2, 0.25) is 0 Å². The van der Waals surface area contributed by atoms with Crippen molar-refractivity contribution in [3.05, 3.63) is 32.4 Å². The maximum absolute atomic E-state index is 11.6. The fourth-order valence-corrected chi connectivity index (χ4v) is 1.70. The van der Waals surface area contributed by atoms with Crippen LogP contribution in [0.1, 0.15) is 23.7 Å². The molecule has 0 unspecified atom stereocenters. The fourth-order valence-electron chi connectivity index (χ4n) is 1.01. The zero-order valence-electron chi connectivity index (χ0n) is 7.81. The highest BCUT2D eigenvalue weighted by Gasteiger charge is 2.09. The first kappa shape index (κ1) is 11.8. The number of nitrogens with one attached hydrogen (secondary N) is 1. The lowest BCUT2D eigenvalue weighted by Crippen LogP contribution is -2.24. The molecule has 0 radical (unpaired) electrons. The van der Waals surface area contributed by atoms with Crippen LogP contribution in [0.2, 0.25) is 5.02 Å². The molecule has 76 valence electrons. The topological polar surface area (TPSA) is 29.1 Å². The average molecular weight is 324 g/mol. The molecular weight excluding hydrogens is 312 g/mol. The summed E-state index contributed by atoms with van der Waals surface area (Å²) in [7, 11) is 0. The third kappa shape index (κ3) is 3.13. The number of carbonyl (C=O) groups excluding carboxylic acids is 1. The first-order chi connectivity index (χ1) is 6.65. The van der Waals surface area contributed by atoms with Crippen LogP contribution in [0.15, 0.2) is 18.2 Å². The Morgan fingerprint density at radius 2 is 2.29 bits per heavy atom. The second-order valence-corrected chi connectivity index (χ2v) is 4.53. The lowest BCUT2D eigenvalue weighted by Gasteiger charge is -2.05. The van der Waals surface area contributed by atoms with Crippen molar-refractivity contribution in [3.63, 3.8) is 0 Å². The van der Waals surface area contributed by atoms with E-state index in [1.807, 2.05) is 13.0 Å². The van der Waals surface area contributed by atoms with Gasteiger partial charge in [-0.3, -0.25) is 4.79 Å². The molecule has 0 aromatic heterocycles. The number of hydrogen-bond acceptors (Lipinski definition) is 1. The highest BCUT2D eigenvalue weighted by Crippen LogP contribution is 2.18. The molecule has 0 bridgehead atoms. The second-order valence-electron chi connectivity index (χ2n) is 2.88. The molecule has 2 nitrogen and oxygen atoms in total. The maximum Gasteiger partial charge on any atom is 0.252 e. The Hall–Kier alpha value is -0.290. The first-order valence-corrected chi connectivity index (χ1v) is 5.84. The fraction of sp³-hybridized carbons (Fsp3) is 0.300. The van der Waals surface area contributed by atoms with Crippen molar-refractivity contribution < 1.29 is 4.79 Å². The number of amides is 1. The molecule has 0 heterocycles. The molecule has 0 fully saturated rings. The smallest absolute Gasteiger partial charge is 0.252 e. The van der Waals surface area contributed by atoms with Crippen LogP contribution in [0.4, 0.5) is 0 Å². The molecule has 0 aliphatic heterocycles. The predicted molar refractivity (Wildman–Crippen MR) is 66.8 cm³/mol. The van der Waals surface area contributed by atoms with Crippen LogP contribution in [0.5, 0.6) is 0 Å². The van der Waals surface area contributed by atoms with Gasteiger partial charge in [-0.05, 0) is 47.2 Å². The van der Waals surface area contributed by atoms with Gasteiger partial charge in [-0.25, -0.2) is 0 Å². The van der Waals surface area contributed by atoms with Gasteiger partial charge < -0.3 is 5.32 Å². The Morgan fingerprint density at radius 3 is 2.93 bits per heavy atom. The molecule has 1 rings (SSSR count). The Morgan fingerprint density at radius 1 is 1.57 bits per heavy atom. The maximum atomic E-state index is 11.6. The monoisotopic (exact) mass is 323 g/mol. The summed E-state index contributed by atoms with van der Waals surface area (Å²) in [4.78, 5) is 11.6. The summed E-state index contributed by atoms with van der Waals surface area (Å²) in [5.74, 6) is -0.102. The van der Waals surface area contributed by atoms with E-state index in [1.165, 1.54) is 0 Å². The zero-order valence-corrected chi connectivity index (χ0v) is 10.7. The van der Waals surface area contributed by atoms with E-state index in [9.17, 15) is 4.79 Å². The summed E-state index contributed by atoms with van der Waals surface area (Å²) in [6.07, 6.45) is 0.924. The molecular formula is C10H11ClINO. The van der Waals surface area contributed by atoms with E-state index >= 15 is 0 Å². The van der Waals surface area contributed by atoms with Crippen molar-refractivity contribution in [1.82, 2.24) is 5.32 Å². The van der Waals surface area contributed by atoms with Gasteiger partial charge in [0, 0.05) is 10.1 Å². The Bertz CT molecular complexity index is 341. The van der Waals surface area contributed by atoms with E-state index in [4.69, 9.17) is 11.6 Å². The largest absolute Gasteiger partial charge is 0.352 e. The van der Waals surface area contributed by atoms with Gasteiger partial charge in [0.05, 0.1) is 10.6 Å². The van der Waals surface area contributed by atoms with Crippen LogP contribution in [-0.2, 0) is 0 Å². The molecule has 1 N–H and O–H groups in total. The summed E-state index contributed by atoms with van der Waals surface area (Å²) in [5, 5.41) is 3.29. The van der Waals surface area contributed by atoms with E-state index in [2.05, 4.69) is 27.9 Å². The molecule has 0 saturated heterocycles. The predicted octanol–water partition coefficient (Wildman–Crippen LogP) is 3.08. The van der Waals surface area contributed by atoms with Crippen LogP contribution < -0.4 is 5.32 Å². The van der Waals surface area contributed by atoms with E-state index in [1.54, 1.807) is 12.1 Å². The molecule has 1 aromatic carbocycles. The minimum Gasteiger partial charge on any atom is -0.352 e. The molecule has 1 amide bonds. The standard InChI is InChI=1S/C10H11ClINO/c1-2-5-13-10(14)8-6-7(12)3-4-9(8)11/h3-4,6H,2,5H2,1H3,(H,13,14). The van der Waals surface area contributed by atoms with E-state index in [0.717, 1.165) is 9.99 Å². The summed E-state index contributed by atoms with van der Waals surface area (Å²) in [6, 6.07) is 5.40. The molecule has 0 aliphatic rings. The van der Waals surface area contributed by atoms with Crippen LogP contribution in [-0.4, -0.2) is 12.5 Å². The normalized spacial score (nSPS) is 9.93. The molecule has 0 aliphatic carbocycles. The third-order valence-corrected chi connectivity index (χ3v) is 2.71. The number of hydrogen-bond donors (Lipinski definition) is 1. The Labute approximate surface area is 102 Å². The van der Waals surface area contributed by atoms with Gasteiger partial charge >= 0.3 is 0 Å². The van der Waals surface area contributed by atoms with E-state index in [-0.39, 0.29) is 5.91 Å². The molecule has 0 saturated carbocycles. The van der Waals surface area contributed by atoms with Crippen molar-refractivity contribution in [2.45, 2.75) is 13.3 Å². The highest BCUT2D eigenvalue weighted by atomic mass is 127. The number of carbonyl (C=O) groups is 1. The van der Waals surface area contributed by atoms with E-state index < -0.39 is 0 Å². The molecule has 0 spiro atoms. The second kappa shape index (κ2) is 5.56. The lowest BCUT2D eigenvalue weighted by atomic mass is 10.2. The van der Waals surface area contributed by atoms with Crippen molar-refractivity contribution >= 4 is 40.1 Å². The van der Waals surface area contributed by atoms with Crippen LogP contribution in [0, 0.1) is 3.57 Å². The highest BCUT2D eigenvalue weighted by molar-refractivity contribution is 14.1. The lowest BCUT2D eigenvalue weighted by molar-refractivity contribution is 0.0954. The summed E-state index contributed by atoms with van der Waals surface area (Å²) in [6.45, 7) is 2.69. The van der Waals surface area contributed by atoms with Gasteiger partial charge in [-0.15, -0.1) is 0 Å². The molecule has 0 atom stereocenters. The van der Waals surface area contributed by atoms with Crippen molar-refractivity contribution in [1.29, 1.82) is 0 Å². The van der Waals surface area contributed by atoms with Gasteiger partial charge in [-0.1, -0.05) is 18.5 Å². The minimum absolute atomic E-state index is 0.102. The minimum atomic E-state index is -0.102. The van der Waals surface area contributed by atoms with Gasteiger partial charge in [-0.2, -0.15) is 0 Å². The zero-order chi connectivity index (χ0) is 10.6. The Balaban J connectivity index is 2.83. The third-order valence-electron chi connectivity index (χ3n) is 1.71. The van der Waals surface area contributed by atoms with E-state index in [0.29, 0.717) is 17.1 Å². The number of rotatable bonds is 3. The van der Waals surface area contributed by atoms with Crippen molar-refractivity contribution in [2.24, 2.45) is 0 Å². The average Bonchev–Trinajstić information content (AvgIpc) is 2.18. The first-order valence-electron chi connectivity index (χ1n) is 4.38. The molecule has 14 heavy (non-hydrogen) atoms. The molecule has 4 heteroatoms. The Kier molecular flexibility index (Phi) is 4.68. The summed E-state index contributed by atoms with van der Waals surface area (Å²) < 4.78 is 1.01. The van der Waals surface area contributed by atoms with Crippen LogP contribution in [0.3, 0.4) is 0 Å². The quantitative estimate of drug-likeness (QED) is 0.851. The molecule has 1 aromatic rings. The number of benzene rings is 1. The van der Waals surface area contributed by atoms with Crippen molar-refractivity contribution in [3.8, 4) is 0 Å². The van der Waals surface area contributed by atoms with Crippen molar-refractivity contribution in [2.75, 3.05) is 6.54 Å². The van der Waals surface area contributed by atoms with Gasteiger partial charge in [0.15, 0.2) is 0 Å². The van der Waals surface area contributed by atoms with Gasteiger partial charge in [0.1, 0.15) is 0 Å². The van der Waals surface area contributed by atoms with Crippen LogP contribution >= 0.6 is 34.2 Å². The summed E-state index contributed by atoms with van der Waals surface area (Å²) >= 11 is 8.06. The van der Waals surface area contributed by atoms with Gasteiger partial charge in [0.25, 0.3) is 5.91 Å². The van der Waals surface area contributed by atoms with Crippen LogP contribution in [0.25, 0.3) is 0 Å². The SMILES string of the molecule is CCCNC(=O)c1cc(I)ccc1Cl. The number of halogens is 2. The summed E-state index contributed by atoms with van der Waals surface area (Å²) in [5.41, 5.74) is 0.548.